The Morgan fingerprint density at radius 3 is 2.72 bits per heavy atom. The molecule has 0 bridgehead atoms. The van der Waals surface area contributed by atoms with Gasteiger partial charge in [-0.25, -0.2) is 5.84 Å². The van der Waals surface area contributed by atoms with Gasteiger partial charge in [-0.05, 0) is 23.6 Å². The van der Waals surface area contributed by atoms with Gasteiger partial charge in [0.1, 0.15) is 0 Å². The summed E-state index contributed by atoms with van der Waals surface area (Å²) in [6.07, 6.45) is -4.25. The molecule has 0 saturated heterocycles. The van der Waals surface area contributed by atoms with E-state index in [1.165, 1.54) is 4.90 Å². The minimum Gasteiger partial charge on any atom is -0.291 e. The predicted octanol–water partition coefficient (Wildman–Crippen LogP) is 1.74. The molecule has 0 spiro atoms. The van der Waals surface area contributed by atoms with Crippen molar-refractivity contribution in [1.29, 1.82) is 0 Å². The molecule has 0 radical (unpaired) electrons. The van der Waals surface area contributed by atoms with Crippen LogP contribution in [0.5, 0.6) is 0 Å². The number of carbonyl (C=O) groups excluding carboxylic acids is 1. The number of thiophene rings is 1. The summed E-state index contributed by atoms with van der Waals surface area (Å²) in [4.78, 5) is 12.9. The van der Waals surface area contributed by atoms with E-state index in [2.05, 4.69) is 0 Å². The number of nitrogen functional groups attached to an aromatic ring is 1. The molecular formula is C10H14F3N3OS. The van der Waals surface area contributed by atoms with Crippen molar-refractivity contribution in [3.8, 4) is 0 Å². The van der Waals surface area contributed by atoms with Crippen LogP contribution in [0.25, 0.3) is 0 Å². The molecule has 1 aromatic heterocycles. The fourth-order valence-corrected chi connectivity index (χ4v) is 2.32. The molecule has 3 N–H and O–H groups in total. The van der Waals surface area contributed by atoms with E-state index < -0.39 is 18.6 Å². The van der Waals surface area contributed by atoms with Crippen LogP contribution in [0.1, 0.15) is 22.2 Å². The summed E-state index contributed by atoms with van der Waals surface area (Å²) in [6, 6.07) is 1.63. The van der Waals surface area contributed by atoms with E-state index >= 15 is 0 Å². The Labute approximate surface area is 107 Å². The highest BCUT2D eigenvalue weighted by atomic mass is 32.1. The minimum absolute atomic E-state index is 0.0717. The Hall–Kier alpha value is -1.12. The second-order valence-electron chi connectivity index (χ2n) is 3.67. The Morgan fingerprint density at radius 2 is 2.22 bits per heavy atom. The highest BCUT2D eigenvalue weighted by Crippen LogP contribution is 2.21. The lowest BCUT2D eigenvalue weighted by molar-refractivity contribution is -0.146. The van der Waals surface area contributed by atoms with Crippen molar-refractivity contribution in [2.24, 2.45) is 5.84 Å². The highest BCUT2D eigenvalue weighted by Gasteiger charge is 2.30. The average Bonchev–Trinajstić information content (AvgIpc) is 2.73. The van der Waals surface area contributed by atoms with E-state index in [9.17, 15) is 18.0 Å². The summed E-state index contributed by atoms with van der Waals surface area (Å²) in [6.45, 7) is 0.963. The van der Waals surface area contributed by atoms with E-state index in [0.717, 1.165) is 11.3 Å². The van der Waals surface area contributed by atoms with Gasteiger partial charge >= 0.3 is 6.18 Å². The predicted molar refractivity (Wildman–Crippen MR) is 63.0 cm³/mol. The molecular weight excluding hydrogens is 267 g/mol. The topological polar surface area (TPSA) is 58.4 Å². The van der Waals surface area contributed by atoms with Crippen LogP contribution in [0, 0.1) is 0 Å². The van der Waals surface area contributed by atoms with Gasteiger partial charge in [0.15, 0.2) is 0 Å². The Morgan fingerprint density at radius 1 is 1.56 bits per heavy atom. The van der Waals surface area contributed by atoms with Crippen molar-refractivity contribution in [1.82, 2.24) is 10.3 Å². The third kappa shape index (κ3) is 4.28. The number of rotatable bonds is 5. The quantitative estimate of drug-likeness (QED) is 0.491. The lowest BCUT2D eigenvalue weighted by atomic mass is 10.2. The standard InChI is InChI=1S/C10H14F3N3OS/c1-2-16(6-10(11,12)13)5-7-3-4-18-8(7)9(17)15-14/h3-4H,2,5-6,14H2,1H3,(H,15,17). The number of nitrogens with one attached hydrogen (secondary N) is 1. The molecule has 4 nitrogen and oxygen atoms in total. The van der Waals surface area contributed by atoms with Gasteiger partial charge in [0.2, 0.25) is 0 Å². The number of halogens is 3. The number of hydrazine groups is 1. The van der Waals surface area contributed by atoms with Gasteiger partial charge in [0.25, 0.3) is 5.91 Å². The van der Waals surface area contributed by atoms with Crippen LogP contribution < -0.4 is 11.3 Å². The number of nitrogens with zero attached hydrogens (tertiary/aromatic N) is 1. The molecule has 0 saturated carbocycles. The van der Waals surface area contributed by atoms with Crippen LogP contribution in [0.2, 0.25) is 0 Å². The summed E-state index contributed by atoms with van der Waals surface area (Å²) in [5.41, 5.74) is 2.53. The minimum atomic E-state index is -4.25. The van der Waals surface area contributed by atoms with Gasteiger partial charge < -0.3 is 0 Å². The lowest BCUT2D eigenvalue weighted by Crippen LogP contribution is -2.35. The molecule has 1 amide bonds. The first-order chi connectivity index (χ1) is 8.37. The molecule has 0 unspecified atom stereocenters. The van der Waals surface area contributed by atoms with Crippen LogP contribution in [0.3, 0.4) is 0 Å². The van der Waals surface area contributed by atoms with E-state index in [0.29, 0.717) is 10.4 Å². The molecule has 0 fully saturated rings. The van der Waals surface area contributed by atoms with Crippen LogP contribution in [0.4, 0.5) is 13.2 Å². The van der Waals surface area contributed by atoms with E-state index in [1.54, 1.807) is 18.4 Å². The maximum absolute atomic E-state index is 12.3. The first-order valence-electron chi connectivity index (χ1n) is 5.23. The van der Waals surface area contributed by atoms with Crippen LogP contribution in [-0.4, -0.2) is 30.1 Å². The molecule has 1 heterocycles. The average molecular weight is 281 g/mol. The van der Waals surface area contributed by atoms with Gasteiger partial charge in [0.05, 0.1) is 11.4 Å². The zero-order chi connectivity index (χ0) is 13.8. The summed E-state index contributed by atoms with van der Waals surface area (Å²) in [7, 11) is 0. The van der Waals surface area contributed by atoms with Gasteiger partial charge in [0, 0.05) is 6.54 Å². The number of hydrogen-bond acceptors (Lipinski definition) is 4. The molecule has 1 aromatic rings. The first-order valence-corrected chi connectivity index (χ1v) is 6.11. The normalized spacial score (nSPS) is 11.9. The van der Waals surface area contributed by atoms with Crippen LogP contribution in [0.15, 0.2) is 11.4 Å². The molecule has 8 heteroatoms. The number of amides is 1. The molecule has 1 rings (SSSR count). The van der Waals surface area contributed by atoms with Crippen LogP contribution >= 0.6 is 11.3 Å². The largest absolute Gasteiger partial charge is 0.401 e. The number of alkyl halides is 3. The monoisotopic (exact) mass is 281 g/mol. The van der Waals surface area contributed by atoms with Gasteiger partial charge in [-0.1, -0.05) is 6.92 Å². The van der Waals surface area contributed by atoms with E-state index in [-0.39, 0.29) is 13.1 Å². The molecule has 0 aliphatic rings. The lowest BCUT2D eigenvalue weighted by Gasteiger charge is -2.21. The van der Waals surface area contributed by atoms with Gasteiger partial charge in [-0.15, -0.1) is 11.3 Å². The zero-order valence-electron chi connectivity index (χ0n) is 9.75. The summed E-state index contributed by atoms with van der Waals surface area (Å²) >= 11 is 1.15. The van der Waals surface area contributed by atoms with Crippen molar-refractivity contribution < 1.29 is 18.0 Å². The first kappa shape index (κ1) is 14.9. The van der Waals surface area contributed by atoms with Gasteiger partial charge in [-0.3, -0.25) is 15.1 Å². The number of nitrogens with two attached hydrogens (primary N) is 1. The van der Waals surface area contributed by atoms with E-state index in [1.807, 2.05) is 5.43 Å². The fourth-order valence-electron chi connectivity index (χ4n) is 1.50. The van der Waals surface area contributed by atoms with Crippen molar-refractivity contribution >= 4 is 17.2 Å². The Kier molecular flexibility index (Phi) is 5.12. The summed E-state index contributed by atoms with van der Waals surface area (Å²) in [5.74, 6) is 4.53. The summed E-state index contributed by atoms with van der Waals surface area (Å²) in [5, 5.41) is 1.65. The molecule has 0 aliphatic heterocycles. The third-order valence-corrected chi connectivity index (χ3v) is 3.28. The molecule has 0 aliphatic carbocycles. The Bertz CT molecular complexity index is 405. The van der Waals surface area contributed by atoms with Gasteiger partial charge in [-0.2, -0.15) is 13.2 Å². The zero-order valence-corrected chi connectivity index (χ0v) is 10.6. The van der Waals surface area contributed by atoms with Crippen molar-refractivity contribution in [3.63, 3.8) is 0 Å². The highest BCUT2D eigenvalue weighted by molar-refractivity contribution is 7.12. The van der Waals surface area contributed by atoms with Crippen molar-refractivity contribution in [2.45, 2.75) is 19.6 Å². The van der Waals surface area contributed by atoms with Crippen molar-refractivity contribution in [2.75, 3.05) is 13.1 Å². The van der Waals surface area contributed by atoms with Crippen molar-refractivity contribution in [3.05, 3.63) is 21.9 Å². The smallest absolute Gasteiger partial charge is 0.291 e. The maximum atomic E-state index is 12.3. The maximum Gasteiger partial charge on any atom is 0.401 e. The molecule has 0 aromatic carbocycles. The molecule has 18 heavy (non-hydrogen) atoms. The fraction of sp³-hybridized carbons (Fsp3) is 0.500. The molecule has 0 atom stereocenters. The second kappa shape index (κ2) is 6.17. The second-order valence-corrected chi connectivity index (χ2v) is 4.58. The number of hydrogen-bond donors (Lipinski definition) is 2. The number of carbonyl (C=O) groups is 1. The SMILES string of the molecule is CCN(Cc1ccsc1C(=O)NN)CC(F)(F)F. The van der Waals surface area contributed by atoms with E-state index in [4.69, 9.17) is 5.84 Å². The Balaban J connectivity index is 2.76. The molecule has 102 valence electrons. The van der Waals surface area contributed by atoms with Crippen LogP contribution in [-0.2, 0) is 6.54 Å². The third-order valence-electron chi connectivity index (χ3n) is 2.33. The summed E-state index contributed by atoms with van der Waals surface area (Å²) < 4.78 is 36.9.